The van der Waals surface area contributed by atoms with Crippen LogP contribution in [0.5, 0.6) is 23.0 Å². The average Bonchev–Trinajstić information content (AvgIpc) is 3.42. The molecule has 0 saturated carbocycles. The van der Waals surface area contributed by atoms with Crippen LogP contribution < -0.4 is 24.4 Å². The van der Waals surface area contributed by atoms with Gasteiger partial charge in [0.05, 0.1) is 36.4 Å². The number of fused-ring (bicyclic) bond motifs is 1. The average molecular weight is 508 g/mol. The van der Waals surface area contributed by atoms with Gasteiger partial charge in [-0.1, -0.05) is 24.2 Å². The lowest BCUT2D eigenvalue weighted by molar-refractivity contribution is -0.115. The van der Waals surface area contributed by atoms with Gasteiger partial charge in [-0.2, -0.15) is 5.10 Å². The number of amides is 1. The summed E-state index contributed by atoms with van der Waals surface area (Å²) in [6.07, 6.45) is 0.739. The van der Waals surface area contributed by atoms with Gasteiger partial charge in [0.2, 0.25) is 18.3 Å². The molecule has 11 heteroatoms. The van der Waals surface area contributed by atoms with Crippen molar-refractivity contribution in [1.29, 1.82) is 0 Å². The zero-order valence-electron chi connectivity index (χ0n) is 17.3. The first-order valence-electron chi connectivity index (χ1n) is 9.51. The molecule has 0 unspecified atom stereocenters. The molecule has 0 radical (unpaired) electrons. The molecule has 0 bridgehead atoms. The Morgan fingerprint density at radius 1 is 1.22 bits per heavy atom. The number of halogens is 2. The second kappa shape index (κ2) is 9.03. The van der Waals surface area contributed by atoms with Crippen molar-refractivity contribution in [3.8, 4) is 23.0 Å². The predicted octanol–water partition coefficient (Wildman–Crippen LogP) is 3.55. The molecular weight excluding hydrogens is 489 g/mol. The number of oxime groups is 1. The van der Waals surface area contributed by atoms with E-state index < -0.39 is 17.9 Å². The number of hydrogen-bond donors (Lipinski definition) is 1. The van der Waals surface area contributed by atoms with Crippen LogP contribution in [-0.2, 0) is 9.63 Å². The van der Waals surface area contributed by atoms with E-state index in [2.05, 4.69) is 31.6 Å². The number of benzene rings is 2. The zero-order chi connectivity index (χ0) is 22.8. The molecule has 2 aliphatic heterocycles. The molecule has 2 heterocycles. The van der Waals surface area contributed by atoms with Crippen LogP contribution >= 0.6 is 15.9 Å². The Morgan fingerprint density at radius 2 is 1.91 bits per heavy atom. The van der Waals surface area contributed by atoms with Gasteiger partial charge >= 0.3 is 0 Å². The Balaban J connectivity index is 1.55. The first-order valence-corrected chi connectivity index (χ1v) is 10.3. The van der Waals surface area contributed by atoms with Gasteiger partial charge in [0.25, 0.3) is 5.91 Å². The first-order chi connectivity index (χ1) is 15.5. The quantitative estimate of drug-likeness (QED) is 0.474. The summed E-state index contributed by atoms with van der Waals surface area (Å²) < 4.78 is 35.7. The minimum absolute atomic E-state index is 0.0359. The van der Waals surface area contributed by atoms with Gasteiger partial charge in [0, 0.05) is 0 Å². The summed E-state index contributed by atoms with van der Waals surface area (Å²) >= 11 is 3.53. The zero-order valence-corrected chi connectivity index (χ0v) is 18.9. The second-order valence-corrected chi connectivity index (χ2v) is 7.69. The second-order valence-electron chi connectivity index (χ2n) is 6.90. The van der Waals surface area contributed by atoms with Crippen molar-refractivity contribution in [1.82, 2.24) is 5.43 Å². The minimum Gasteiger partial charge on any atom is -0.492 e. The van der Waals surface area contributed by atoms with Gasteiger partial charge in [-0.05, 0) is 33.6 Å². The van der Waals surface area contributed by atoms with Crippen molar-refractivity contribution in [3.05, 3.63) is 45.7 Å². The lowest BCUT2D eigenvalue weighted by Gasteiger charge is -2.22. The molecule has 0 saturated heterocycles. The van der Waals surface area contributed by atoms with Gasteiger partial charge in [-0.25, -0.2) is 9.82 Å². The molecule has 2 aromatic rings. The van der Waals surface area contributed by atoms with Gasteiger partial charge < -0.3 is 23.8 Å². The first kappa shape index (κ1) is 21.9. The molecule has 32 heavy (non-hydrogen) atoms. The summed E-state index contributed by atoms with van der Waals surface area (Å²) in [7, 11) is 2.99. The Hall–Kier alpha value is -3.34. The maximum atomic E-state index is 13.0. The molecular formula is C21H19BrFN3O6. The number of methoxy groups -OCH3 is 2. The number of nitrogens with one attached hydrogen (secondary N) is 1. The molecule has 9 nitrogen and oxygen atoms in total. The van der Waals surface area contributed by atoms with E-state index in [9.17, 15) is 9.18 Å². The third-order valence-electron chi connectivity index (χ3n) is 5.03. The molecule has 2 aromatic carbocycles. The number of carbonyl (C=O) groups excluding carboxylic acids is 1. The van der Waals surface area contributed by atoms with Crippen LogP contribution in [0.25, 0.3) is 0 Å². The summed E-state index contributed by atoms with van der Waals surface area (Å²) in [6, 6.07) is 5.68. The van der Waals surface area contributed by atoms with Crippen molar-refractivity contribution in [2.45, 2.75) is 13.0 Å². The Kier molecular flexibility index (Phi) is 6.17. The van der Waals surface area contributed by atoms with E-state index in [0.717, 1.165) is 0 Å². The molecule has 0 spiro atoms. The number of carbonyl (C=O) groups is 1. The monoisotopic (exact) mass is 507 g/mol. The van der Waals surface area contributed by atoms with Gasteiger partial charge in [0.15, 0.2) is 23.3 Å². The van der Waals surface area contributed by atoms with Gasteiger partial charge in [-0.3, -0.25) is 4.79 Å². The van der Waals surface area contributed by atoms with Crippen LogP contribution in [0.1, 0.15) is 24.2 Å². The fourth-order valence-electron chi connectivity index (χ4n) is 3.45. The third kappa shape index (κ3) is 3.83. The highest BCUT2D eigenvalue weighted by atomic mass is 79.9. The molecule has 1 N–H and O–H groups in total. The fraction of sp³-hybridized carbons (Fsp3) is 0.286. The molecule has 2 aliphatic rings. The van der Waals surface area contributed by atoms with E-state index in [0.29, 0.717) is 38.6 Å². The van der Waals surface area contributed by atoms with Crippen molar-refractivity contribution >= 4 is 33.8 Å². The Labute approximate surface area is 191 Å². The predicted molar refractivity (Wildman–Crippen MR) is 116 cm³/mol. The number of ether oxygens (including phenoxy) is 4. The van der Waals surface area contributed by atoms with Gasteiger partial charge in [-0.15, -0.1) is 0 Å². The lowest BCUT2D eigenvalue weighted by Crippen LogP contribution is -2.31. The highest BCUT2D eigenvalue weighted by Crippen LogP contribution is 2.57. The summed E-state index contributed by atoms with van der Waals surface area (Å²) in [4.78, 5) is 18.2. The molecule has 1 amide bonds. The van der Waals surface area contributed by atoms with Crippen LogP contribution in [-0.4, -0.2) is 38.8 Å². The van der Waals surface area contributed by atoms with Crippen LogP contribution in [0, 0.1) is 11.7 Å². The normalized spacial score (nSPS) is 19.0. The molecule has 168 valence electrons. The maximum Gasteiger partial charge on any atom is 0.289 e. The van der Waals surface area contributed by atoms with Crippen LogP contribution in [0.4, 0.5) is 4.39 Å². The van der Waals surface area contributed by atoms with Gasteiger partial charge in [0.1, 0.15) is 5.82 Å². The van der Waals surface area contributed by atoms with Crippen molar-refractivity contribution in [3.63, 3.8) is 0 Å². The minimum atomic E-state index is -0.662. The number of rotatable bonds is 6. The van der Waals surface area contributed by atoms with Crippen LogP contribution in [0.15, 0.2) is 39.0 Å². The Morgan fingerprint density at radius 3 is 2.59 bits per heavy atom. The molecule has 4 rings (SSSR count). The van der Waals surface area contributed by atoms with E-state index in [1.54, 1.807) is 6.92 Å². The SMILES string of the molecule is COc1c2c(c(Br)c([C@@H]3ON=C(C(=O)N/N=C\c4ccc(F)cc4)[C@H]3C)c1OC)OCO2. The van der Waals surface area contributed by atoms with E-state index in [1.165, 1.54) is 44.7 Å². The van der Waals surface area contributed by atoms with Crippen LogP contribution in [0.2, 0.25) is 0 Å². The van der Waals surface area contributed by atoms with Crippen molar-refractivity contribution < 1.29 is 33.0 Å². The highest BCUT2D eigenvalue weighted by molar-refractivity contribution is 9.10. The highest BCUT2D eigenvalue weighted by Gasteiger charge is 2.42. The number of hydrogen-bond acceptors (Lipinski definition) is 8. The number of nitrogens with zero attached hydrogens (tertiary/aromatic N) is 2. The smallest absolute Gasteiger partial charge is 0.289 e. The standard InChI is InChI=1S/C21H19BrFN3O6/c1-10-15(21(27)25-24-8-11-4-6-12(23)7-5-11)26-32-16(10)13-14(22)18-20(31-9-30-18)19(29-3)17(13)28-2/h4-8,10,16H,9H2,1-3H3,(H,25,27)/b24-8-/t10-,16-/m1/s1. The van der Waals surface area contributed by atoms with E-state index in [-0.39, 0.29) is 18.3 Å². The maximum absolute atomic E-state index is 13.0. The molecule has 0 fully saturated rings. The lowest BCUT2D eigenvalue weighted by atomic mass is 9.92. The summed E-state index contributed by atoms with van der Waals surface area (Å²) in [5, 5.41) is 7.87. The molecule has 0 aliphatic carbocycles. The van der Waals surface area contributed by atoms with E-state index in [1.807, 2.05) is 0 Å². The molecule has 2 atom stereocenters. The van der Waals surface area contributed by atoms with E-state index in [4.69, 9.17) is 23.8 Å². The third-order valence-corrected chi connectivity index (χ3v) is 5.82. The summed E-state index contributed by atoms with van der Waals surface area (Å²) in [6.45, 7) is 1.83. The molecule has 0 aromatic heterocycles. The van der Waals surface area contributed by atoms with Crippen molar-refractivity contribution in [2.75, 3.05) is 21.0 Å². The topological polar surface area (TPSA) is 100.0 Å². The van der Waals surface area contributed by atoms with Crippen LogP contribution in [0.3, 0.4) is 0 Å². The summed E-state index contributed by atoms with van der Waals surface area (Å²) in [5.41, 5.74) is 3.76. The van der Waals surface area contributed by atoms with Crippen molar-refractivity contribution in [2.24, 2.45) is 16.2 Å². The largest absolute Gasteiger partial charge is 0.492 e. The Bertz CT molecular complexity index is 1110. The summed E-state index contributed by atoms with van der Waals surface area (Å²) in [5.74, 6) is 0.273. The van der Waals surface area contributed by atoms with E-state index >= 15 is 0 Å². The fourth-order valence-corrected chi connectivity index (χ4v) is 4.15. The number of hydrazone groups is 1.